The minimum atomic E-state index is -0.334. The van der Waals surface area contributed by atoms with Gasteiger partial charge in [-0.05, 0) is 98.8 Å². The van der Waals surface area contributed by atoms with E-state index < -0.39 is 0 Å². The van der Waals surface area contributed by atoms with Crippen LogP contribution >= 0.6 is 0 Å². The Balaban J connectivity index is 1.37. The van der Waals surface area contributed by atoms with E-state index >= 15 is 0 Å². The average molecular weight is 460 g/mol. The molecule has 34 heavy (non-hydrogen) atoms. The van der Waals surface area contributed by atoms with Crippen molar-refractivity contribution < 1.29 is 19.0 Å². The number of carbonyl (C=O) groups is 1. The van der Waals surface area contributed by atoms with Gasteiger partial charge in [-0.25, -0.2) is 0 Å². The molecule has 4 fully saturated rings. The lowest BCUT2D eigenvalue weighted by molar-refractivity contribution is -0.150. The van der Waals surface area contributed by atoms with Crippen molar-refractivity contribution in [2.24, 2.45) is 17.8 Å². The molecule has 4 aliphatic rings. The Morgan fingerprint density at radius 1 is 1.06 bits per heavy atom. The first-order chi connectivity index (χ1) is 16.5. The van der Waals surface area contributed by atoms with Gasteiger partial charge in [-0.1, -0.05) is 24.3 Å². The molecular weight excluding hydrogens is 426 g/mol. The number of benzene rings is 2. The summed E-state index contributed by atoms with van der Waals surface area (Å²) in [6.07, 6.45) is 7.62. The number of methoxy groups -OCH3 is 1. The third kappa shape index (κ3) is 4.85. The molecule has 5 nitrogen and oxygen atoms in total. The minimum Gasteiger partial charge on any atom is -0.467 e. The summed E-state index contributed by atoms with van der Waals surface area (Å²) >= 11 is 0. The molecule has 0 aromatic heterocycles. The number of ether oxygens (including phenoxy) is 3. The summed E-state index contributed by atoms with van der Waals surface area (Å²) in [7, 11) is 1.62. The van der Waals surface area contributed by atoms with Crippen molar-refractivity contribution in [1.82, 2.24) is 5.32 Å². The monoisotopic (exact) mass is 459 g/mol. The lowest BCUT2D eigenvalue weighted by Crippen LogP contribution is -2.48. The third-order valence-electron chi connectivity index (χ3n) is 7.86. The number of carbonyl (C=O) groups excluding carboxylic acids is 1. The van der Waals surface area contributed by atoms with Crippen LogP contribution in [0, 0.1) is 29.7 Å². The van der Waals surface area contributed by atoms with Gasteiger partial charge in [-0.15, -0.1) is 0 Å². The van der Waals surface area contributed by atoms with Crippen LogP contribution in [0.4, 0.5) is 0 Å². The number of amides is 1. The first kappa shape index (κ1) is 23.0. The Labute approximate surface area is 202 Å². The largest absolute Gasteiger partial charge is 0.467 e. The van der Waals surface area contributed by atoms with E-state index in [4.69, 9.17) is 14.2 Å². The van der Waals surface area contributed by atoms with Crippen LogP contribution in [0.3, 0.4) is 0 Å². The predicted octanol–water partition coefficient (Wildman–Crippen LogP) is 5.24. The minimum absolute atomic E-state index is 0.121. The van der Waals surface area contributed by atoms with Crippen molar-refractivity contribution in [3.63, 3.8) is 0 Å². The Kier molecular flexibility index (Phi) is 6.63. The Hall–Kier alpha value is -2.81. The molecular formula is C29H33NO4. The van der Waals surface area contributed by atoms with E-state index in [-0.39, 0.29) is 24.4 Å². The highest BCUT2D eigenvalue weighted by atomic mass is 16.7. The maximum atomic E-state index is 12.3. The van der Waals surface area contributed by atoms with E-state index in [0.29, 0.717) is 5.56 Å². The van der Waals surface area contributed by atoms with Gasteiger partial charge < -0.3 is 14.2 Å². The van der Waals surface area contributed by atoms with E-state index in [2.05, 4.69) is 29.4 Å². The second kappa shape index (κ2) is 9.82. The molecule has 4 bridgehead atoms. The fourth-order valence-corrected chi connectivity index (χ4v) is 6.68. The van der Waals surface area contributed by atoms with E-state index in [1.165, 1.54) is 44.1 Å². The average Bonchev–Trinajstić information content (AvgIpc) is 2.83. The standard InChI is InChI=1S/C29H33NO4/c1-20(32-2)33-19-34-27-15-21(10-11-30-28(31)25-6-4-3-5-7-25)8-9-26(27)29-16-22-12-23(17-29)14-24(13-22)18-29/h3-9,15,20,22-24H,12-14,16-19H2,1-2H3,(H,30,31). The lowest BCUT2D eigenvalue weighted by atomic mass is 9.48. The van der Waals surface area contributed by atoms with E-state index in [0.717, 1.165) is 29.1 Å². The number of hydrogen-bond acceptors (Lipinski definition) is 4. The van der Waals surface area contributed by atoms with Crippen molar-refractivity contribution in [1.29, 1.82) is 0 Å². The predicted molar refractivity (Wildman–Crippen MR) is 130 cm³/mol. The molecule has 2 aromatic rings. The Bertz CT molecular complexity index is 1050. The topological polar surface area (TPSA) is 56.8 Å². The summed E-state index contributed by atoms with van der Waals surface area (Å²) in [4.78, 5) is 12.3. The Morgan fingerprint density at radius 2 is 1.74 bits per heavy atom. The van der Waals surface area contributed by atoms with Crippen LogP contribution in [0.15, 0.2) is 48.5 Å². The molecule has 178 valence electrons. The van der Waals surface area contributed by atoms with Gasteiger partial charge in [0.25, 0.3) is 5.91 Å². The molecule has 4 aliphatic carbocycles. The zero-order valence-electron chi connectivity index (χ0n) is 20.0. The molecule has 1 atom stereocenters. The maximum Gasteiger partial charge on any atom is 0.262 e. The highest BCUT2D eigenvalue weighted by Gasteiger charge is 2.52. The van der Waals surface area contributed by atoms with Crippen LogP contribution in [0.2, 0.25) is 0 Å². The molecule has 5 heteroatoms. The summed E-state index contributed by atoms with van der Waals surface area (Å²) in [6, 6.07) is 18.1. The summed E-state index contributed by atoms with van der Waals surface area (Å²) in [5.74, 6) is 6.23. The Morgan fingerprint density at radius 3 is 2.38 bits per heavy atom. The number of nitrogens with one attached hydrogen (secondary N) is 1. The zero-order valence-corrected chi connectivity index (χ0v) is 20.0. The summed E-state index contributed by atoms with van der Waals surface area (Å²) in [6.45, 7) is 1.97. The van der Waals surface area contributed by atoms with Crippen molar-refractivity contribution in [2.75, 3.05) is 13.9 Å². The molecule has 0 radical (unpaired) electrons. The van der Waals surface area contributed by atoms with Gasteiger partial charge in [-0.2, -0.15) is 0 Å². The van der Waals surface area contributed by atoms with Gasteiger partial charge in [-0.3, -0.25) is 10.1 Å². The van der Waals surface area contributed by atoms with Crippen LogP contribution in [0.1, 0.15) is 66.9 Å². The van der Waals surface area contributed by atoms with Gasteiger partial charge in [0.05, 0.1) is 0 Å². The molecule has 1 unspecified atom stereocenters. The fourth-order valence-electron chi connectivity index (χ4n) is 6.68. The highest BCUT2D eigenvalue weighted by molar-refractivity contribution is 5.95. The van der Waals surface area contributed by atoms with E-state index in [1.807, 2.05) is 31.2 Å². The quantitative estimate of drug-likeness (QED) is 0.350. The van der Waals surface area contributed by atoms with Crippen molar-refractivity contribution in [3.8, 4) is 17.7 Å². The van der Waals surface area contributed by atoms with E-state index in [1.54, 1.807) is 19.2 Å². The number of rotatable bonds is 7. The molecule has 0 spiro atoms. The van der Waals surface area contributed by atoms with Crippen LogP contribution in [0.5, 0.6) is 5.75 Å². The van der Waals surface area contributed by atoms with Crippen LogP contribution in [-0.2, 0) is 14.9 Å². The molecule has 6 rings (SSSR count). The van der Waals surface area contributed by atoms with Crippen molar-refractivity contribution in [2.45, 2.75) is 57.2 Å². The van der Waals surface area contributed by atoms with Gasteiger partial charge in [0.2, 0.25) is 0 Å². The third-order valence-corrected chi connectivity index (χ3v) is 7.86. The van der Waals surface area contributed by atoms with Crippen LogP contribution in [0.25, 0.3) is 0 Å². The molecule has 0 saturated heterocycles. The first-order valence-electron chi connectivity index (χ1n) is 12.3. The maximum absolute atomic E-state index is 12.3. The van der Waals surface area contributed by atoms with Gasteiger partial charge >= 0.3 is 0 Å². The molecule has 0 heterocycles. The van der Waals surface area contributed by atoms with Crippen LogP contribution < -0.4 is 10.1 Å². The van der Waals surface area contributed by atoms with Crippen LogP contribution in [-0.4, -0.2) is 26.1 Å². The fraction of sp³-hybridized carbons (Fsp3) is 0.483. The van der Waals surface area contributed by atoms with Gasteiger partial charge in [0, 0.05) is 29.8 Å². The molecule has 1 N–H and O–H groups in total. The number of hydrogen-bond donors (Lipinski definition) is 1. The normalized spacial score (nSPS) is 27.5. The summed E-state index contributed by atoms with van der Waals surface area (Å²) < 4.78 is 17.0. The van der Waals surface area contributed by atoms with Gasteiger partial charge in [0.15, 0.2) is 13.1 Å². The van der Waals surface area contributed by atoms with Crippen molar-refractivity contribution in [3.05, 3.63) is 65.2 Å². The smallest absolute Gasteiger partial charge is 0.262 e. The van der Waals surface area contributed by atoms with Crippen molar-refractivity contribution >= 4 is 5.91 Å². The summed E-state index contributed by atoms with van der Waals surface area (Å²) in [5.41, 5.74) is 2.88. The molecule has 4 saturated carbocycles. The first-order valence-corrected chi connectivity index (χ1v) is 12.3. The van der Waals surface area contributed by atoms with E-state index in [9.17, 15) is 4.79 Å². The lowest BCUT2D eigenvalue weighted by Gasteiger charge is -2.57. The second-order valence-corrected chi connectivity index (χ2v) is 10.2. The zero-order chi connectivity index (χ0) is 23.5. The molecule has 0 aliphatic heterocycles. The van der Waals surface area contributed by atoms with Gasteiger partial charge in [0.1, 0.15) is 5.75 Å². The highest BCUT2D eigenvalue weighted by Crippen LogP contribution is 2.61. The second-order valence-electron chi connectivity index (χ2n) is 10.2. The molecule has 1 amide bonds. The molecule has 2 aromatic carbocycles. The summed E-state index contributed by atoms with van der Waals surface area (Å²) in [5, 5.41) is 2.67. The SMILES string of the molecule is COC(C)OCOc1cc(C#CNC(=O)c2ccccc2)ccc1C12CC3CC(CC(C3)C1)C2.